The highest BCUT2D eigenvalue weighted by atomic mass is 15.1. The van der Waals surface area contributed by atoms with Gasteiger partial charge < -0.3 is 10.2 Å². The van der Waals surface area contributed by atoms with Gasteiger partial charge in [-0.05, 0) is 64.0 Å². The second-order valence-electron chi connectivity index (χ2n) is 6.76. The monoisotopic (exact) mass is 252 g/mol. The summed E-state index contributed by atoms with van der Waals surface area (Å²) < 4.78 is 0. The van der Waals surface area contributed by atoms with Crippen LogP contribution in [0.5, 0.6) is 0 Å². The predicted octanol–water partition coefficient (Wildman–Crippen LogP) is 3.28. The molecule has 2 saturated carbocycles. The van der Waals surface area contributed by atoms with Gasteiger partial charge in [0, 0.05) is 18.6 Å². The summed E-state index contributed by atoms with van der Waals surface area (Å²) in [5.41, 5.74) is 0. The molecule has 0 radical (unpaired) electrons. The van der Waals surface area contributed by atoms with Crippen LogP contribution < -0.4 is 5.32 Å². The van der Waals surface area contributed by atoms with Crippen molar-refractivity contribution in [2.75, 3.05) is 20.1 Å². The van der Waals surface area contributed by atoms with Gasteiger partial charge in [-0.3, -0.25) is 0 Å². The fourth-order valence-corrected chi connectivity index (χ4v) is 3.65. The zero-order chi connectivity index (χ0) is 13.0. The molecule has 0 aromatic heterocycles. The molecule has 0 saturated heterocycles. The summed E-state index contributed by atoms with van der Waals surface area (Å²) in [4.78, 5) is 2.65. The lowest BCUT2D eigenvalue weighted by molar-refractivity contribution is 0.0997. The highest BCUT2D eigenvalue weighted by Gasteiger charge is 2.31. The quantitative estimate of drug-likeness (QED) is 0.780. The van der Waals surface area contributed by atoms with Crippen LogP contribution in [0.15, 0.2) is 0 Å². The first-order chi connectivity index (χ1) is 8.70. The number of rotatable bonds is 6. The first-order valence-electron chi connectivity index (χ1n) is 8.14. The molecule has 0 heterocycles. The van der Waals surface area contributed by atoms with E-state index in [9.17, 15) is 0 Å². The minimum absolute atomic E-state index is 0.781. The maximum Gasteiger partial charge on any atom is 0.0108 e. The molecular weight excluding hydrogens is 220 g/mol. The van der Waals surface area contributed by atoms with E-state index in [1.165, 1.54) is 58.0 Å². The molecule has 3 unspecified atom stereocenters. The van der Waals surface area contributed by atoms with E-state index in [4.69, 9.17) is 0 Å². The zero-order valence-corrected chi connectivity index (χ0v) is 12.6. The zero-order valence-electron chi connectivity index (χ0n) is 12.6. The lowest BCUT2D eigenvalue weighted by Gasteiger charge is -2.42. The molecule has 2 fully saturated rings. The third-order valence-electron chi connectivity index (χ3n) is 5.12. The number of hydrogen-bond acceptors (Lipinski definition) is 2. The normalized spacial score (nSPS) is 33.7. The highest BCUT2D eigenvalue weighted by Crippen LogP contribution is 2.32. The highest BCUT2D eigenvalue weighted by molar-refractivity contribution is 4.87. The molecule has 3 atom stereocenters. The van der Waals surface area contributed by atoms with Gasteiger partial charge in [-0.2, -0.15) is 0 Å². The molecule has 0 aromatic rings. The molecule has 2 aliphatic carbocycles. The lowest BCUT2D eigenvalue weighted by Crippen LogP contribution is -2.48. The van der Waals surface area contributed by atoms with Crippen LogP contribution in [0.4, 0.5) is 0 Å². The van der Waals surface area contributed by atoms with Gasteiger partial charge in [0.15, 0.2) is 0 Å². The molecule has 2 nitrogen and oxygen atoms in total. The van der Waals surface area contributed by atoms with Crippen molar-refractivity contribution >= 4 is 0 Å². The van der Waals surface area contributed by atoms with E-state index in [1.807, 2.05) is 0 Å². The van der Waals surface area contributed by atoms with E-state index in [0.29, 0.717) is 0 Å². The Balaban J connectivity index is 1.83. The first-order valence-corrected chi connectivity index (χ1v) is 8.14. The Bertz CT molecular complexity index is 235. The van der Waals surface area contributed by atoms with Crippen molar-refractivity contribution in [2.45, 2.75) is 70.9 Å². The number of hydrogen-bond donors (Lipinski definition) is 1. The minimum atomic E-state index is 0.781. The van der Waals surface area contributed by atoms with E-state index in [1.54, 1.807) is 0 Å². The Labute approximate surface area is 114 Å². The topological polar surface area (TPSA) is 15.3 Å². The van der Waals surface area contributed by atoms with Crippen LogP contribution in [0, 0.1) is 11.8 Å². The molecule has 2 aliphatic rings. The van der Waals surface area contributed by atoms with Gasteiger partial charge in [0.1, 0.15) is 0 Å². The molecule has 106 valence electrons. The Morgan fingerprint density at radius 3 is 2.56 bits per heavy atom. The van der Waals surface area contributed by atoms with E-state index < -0.39 is 0 Å². The largest absolute Gasteiger partial charge is 0.314 e. The smallest absolute Gasteiger partial charge is 0.0108 e. The summed E-state index contributed by atoms with van der Waals surface area (Å²) >= 11 is 0. The molecule has 18 heavy (non-hydrogen) atoms. The van der Waals surface area contributed by atoms with Crippen molar-refractivity contribution in [3.05, 3.63) is 0 Å². The summed E-state index contributed by atoms with van der Waals surface area (Å²) in [6, 6.07) is 1.68. The summed E-state index contributed by atoms with van der Waals surface area (Å²) in [5.74, 6) is 1.82. The van der Waals surface area contributed by atoms with Gasteiger partial charge in [-0.15, -0.1) is 0 Å². The van der Waals surface area contributed by atoms with Crippen LogP contribution in [0.2, 0.25) is 0 Å². The molecular formula is C16H32N2. The summed E-state index contributed by atoms with van der Waals surface area (Å²) in [5, 5.41) is 3.80. The Kier molecular flexibility index (Phi) is 5.50. The average molecular weight is 252 g/mol. The van der Waals surface area contributed by atoms with Gasteiger partial charge in [-0.1, -0.05) is 20.3 Å². The van der Waals surface area contributed by atoms with Crippen LogP contribution in [-0.4, -0.2) is 37.1 Å². The first kappa shape index (κ1) is 14.3. The average Bonchev–Trinajstić information content (AvgIpc) is 2.25. The van der Waals surface area contributed by atoms with Crippen LogP contribution >= 0.6 is 0 Å². The van der Waals surface area contributed by atoms with E-state index in [0.717, 1.165) is 23.9 Å². The van der Waals surface area contributed by atoms with E-state index >= 15 is 0 Å². The maximum absolute atomic E-state index is 3.80. The van der Waals surface area contributed by atoms with Gasteiger partial charge in [-0.25, -0.2) is 0 Å². The molecule has 1 N–H and O–H groups in total. The van der Waals surface area contributed by atoms with Gasteiger partial charge in [0.05, 0.1) is 0 Å². The molecule has 0 aliphatic heterocycles. The molecule has 0 amide bonds. The van der Waals surface area contributed by atoms with Crippen molar-refractivity contribution < 1.29 is 0 Å². The van der Waals surface area contributed by atoms with Crippen LogP contribution in [0.3, 0.4) is 0 Å². The number of nitrogens with one attached hydrogen (secondary N) is 1. The van der Waals surface area contributed by atoms with Gasteiger partial charge >= 0.3 is 0 Å². The van der Waals surface area contributed by atoms with Crippen molar-refractivity contribution in [3.8, 4) is 0 Å². The fourth-order valence-electron chi connectivity index (χ4n) is 3.65. The Hall–Kier alpha value is -0.0800. The lowest BCUT2D eigenvalue weighted by atomic mass is 9.78. The fraction of sp³-hybridized carbons (Fsp3) is 1.00. The Morgan fingerprint density at radius 2 is 1.94 bits per heavy atom. The minimum Gasteiger partial charge on any atom is -0.314 e. The van der Waals surface area contributed by atoms with E-state index in [-0.39, 0.29) is 0 Å². The summed E-state index contributed by atoms with van der Waals surface area (Å²) in [6.45, 7) is 7.22. The molecule has 2 heteroatoms. The molecule has 0 spiro atoms. The maximum atomic E-state index is 3.80. The number of nitrogens with zero attached hydrogens (tertiary/aromatic N) is 1. The predicted molar refractivity (Wildman–Crippen MR) is 78.9 cm³/mol. The van der Waals surface area contributed by atoms with Crippen LogP contribution in [-0.2, 0) is 0 Å². The summed E-state index contributed by atoms with van der Waals surface area (Å²) in [7, 11) is 2.35. The standard InChI is InChI=1S/C16H32N2/c1-4-10-17-16-9-8-13(2)11-14(16)12-18(3)15-6-5-7-15/h13-17H,4-12H2,1-3H3. The third kappa shape index (κ3) is 3.71. The van der Waals surface area contributed by atoms with Gasteiger partial charge in [0.2, 0.25) is 0 Å². The SMILES string of the molecule is CCCNC1CCC(C)CC1CN(C)C1CCC1. The second kappa shape index (κ2) is 6.91. The van der Waals surface area contributed by atoms with Gasteiger partial charge in [0.25, 0.3) is 0 Å². The van der Waals surface area contributed by atoms with Crippen molar-refractivity contribution in [2.24, 2.45) is 11.8 Å². The molecule has 0 bridgehead atoms. The van der Waals surface area contributed by atoms with Crippen LogP contribution in [0.25, 0.3) is 0 Å². The molecule has 2 rings (SSSR count). The van der Waals surface area contributed by atoms with Crippen molar-refractivity contribution in [1.29, 1.82) is 0 Å². The van der Waals surface area contributed by atoms with Crippen LogP contribution in [0.1, 0.15) is 58.8 Å². The summed E-state index contributed by atoms with van der Waals surface area (Å²) in [6.07, 6.45) is 9.83. The molecule has 0 aromatic carbocycles. The Morgan fingerprint density at radius 1 is 1.17 bits per heavy atom. The van der Waals surface area contributed by atoms with E-state index in [2.05, 4.69) is 31.1 Å². The second-order valence-corrected chi connectivity index (χ2v) is 6.76. The van der Waals surface area contributed by atoms with Crippen molar-refractivity contribution in [3.63, 3.8) is 0 Å². The third-order valence-corrected chi connectivity index (χ3v) is 5.12. The van der Waals surface area contributed by atoms with Crippen molar-refractivity contribution in [1.82, 2.24) is 10.2 Å².